The molecule has 1 heterocycles. The van der Waals surface area contributed by atoms with Gasteiger partial charge in [-0.3, -0.25) is 9.69 Å². The number of carbonyl (C=O) groups excluding carboxylic acids is 1. The second kappa shape index (κ2) is 9.74. The quantitative estimate of drug-likeness (QED) is 0.784. The number of hydrogen-bond donors (Lipinski definition) is 1. The van der Waals surface area contributed by atoms with Crippen molar-refractivity contribution in [2.24, 2.45) is 0 Å². The number of carbonyl (C=O) groups is 1. The summed E-state index contributed by atoms with van der Waals surface area (Å²) in [6.07, 6.45) is 2.01. The summed E-state index contributed by atoms with van der Waals surface area (Å²) in [4.78, 5) is 17.6. The second-order valence-corrected chi connectivity index (χ2v) is 7.80. The molecule has 2 unspecified atom stereocenters. The van der Waals surface area contributed by atoms with E-state index in [1.165, 1.54) is 16.8 Å². The first-order valence-corrected chi connectivity index (χ1v) is 10.5. The average molecular weight is 380 g/mol. The molecule has 1 saturated heterocycles. The molecule has 1 aliphatic rings. The van der Waals surface area contributed by atoms with Crippen molar-refractivity contribution < 1.29 is 4.79 Å². The molecule has 2 aromatic rings. The van der Waals surface area contributed by atoms with Gasteiger partial charge in [0.1, 0.15) is 0 Å². The van der Waals surface area contributed by atoms with Gasteiger partial charge >= 0.3 is 0 Å². The topological polar surface area (TPSA) is 35.6 Å². The van der Waals surface area contributed by atoms with Crippen molar-refractivity contribution in [1.82, 2.24) is 10.2 Å². The molecule has 0 aromatic heterocycles. The van der Waals surface area contributed by atoms with E-state index in [2.05, 4.69) is 65.4 Å². The highest BCUT2D eigenvalue weighted by Crippen LogP contribution is 2.21. The summed E-state index contributed by atoms with van der Waals surface area (Å²) in [6, 6.07) is 18.9. The molecule has 150 valence electrons. The van der Waals surface area contributed by atoms with Crippen LogP contribution in [0.1, 0.15) is 43.9 Å². The lowest BCUT2D eigenvalue weighted by molar-refractivity contribution is -0.126. The highest BCUT2D eigenvalue weighted by atomic mass is 16.2. The van der Waals surface area contributed by atoms with Crippen molar-refractivity contribution in [3.8, 4) is 0 Å². The van der Waals surface area contributed by atoms with Crippen molar-refractivity contribution in [3.63, 3.8) is 0 Å². The van der Waals surface area contributed by atoms with Crippen molar-refractivity contribution in [2.45, 2.75) is 45.7 Å². The Morgan fingerprint density at radius 1 is 1.04 bits per heavy atom. The fraction of sp³-hybridized carbons (Fsp3) is 0.458. The van der Waals surface area contributed by atoms with E-state index in [0.717, 1.165) is 39.0 Å². The maximum atomic E-state index is 12.9. The van der Waals surface area contributed by atoms with Crippen LogP contribution in [0.2, 0.25) is 0 Å². The average Bonchev–Trinajstić information content (AvgIpc) is 2.73. The molecule has 3 rings (SSSR count). The Hall–Kier alpha value is -2.33. The minimum Gasteiger partial charge on any atom is -0.369 e. The molecule has 0 spiro atoms. The zero-order valence-electron chi connectivity index (χ0n) is 17.4. The van der Waals surface area contributed by atoms with Gasteiger partial charge in [-0.2, -0.15) is 0 Å². The predicted octanol–water partition coefficient (Wildman–Crippen LogP) is 4.16. The summed E-state index contributed by atoms with van der Waals surface area (Å²) < 4.78 is 0. The summed E-state index contributed by atoms with van der Waals surface area (Å²) in [5.41, 5.74) is 3.76. The fourth-order valence-corrected chi connectivity index (χ4v) is 3.95. The van der Waals surface area contributed by atoms with Gasteiger partial charge in [0.25, 0.3) is 0 Å². The van der Waals surface area contributed by atoms with Gasteiger partial charge in [-0.1, -0.05) is 55.8 Å². The van der Waals surface area contributed by atoms with Gasteiger partial charge in [-0.15, -0.1) is 0 Å². The molecule has 1 N–H and O–H groups in total. The molecular weight excluding hydrogens is 346 g/mol. The van der Waals surface area contributed by atoms with Crippen LogP contribution in [0.4, 0.5) is 5.69 Å². The molecule has 2 atom stereocenters. The molecule has 1 fully saturated rings. The molecular formula is C24H33N3O. The fourth-order valence-electron chi connectivity index (χ4n) is 3.95. The molecule has 0 bridgehead atoms. The van der Waals surface area contributed by atoms with E-state index in [0.29, 0.717) is 0 Å². The highest BCUT2D eigenvalue weighted by Gasteiger charge is 2.27. The van der Waals surface area contributed by atoms with Gasteiger partial charge in [0, 0.05) is 31.9 Å². The number of nitrogens with zero attached hydrogens (tertiary/aromatic N) is 2. The van der Waals surface area contributed by atoms with Crippen LogP contribution in [-0.4, -0.2) is 43.0 Å². The van der Waals surface area contributed by atoms with Crippen molar-refractivity contribution in [3.05, 3.63) is 65.7 Å². The minimum absolute atomic E-state index is 0.0923. The van der Waals surface area contributed by atoms with Gasteiger partial charge in [-0.25, -0.2) is 0 Å². The maximum Gasteiger partial charge on any atom is 0.237 e. The summed E-state index contributed by atoms with van der Waals surface area (Å²) in [5, 5.41) is 3.29. The van der Waals surface area contributed by atoms with Crippen LogP contribution in [0, 0.1) is 6.92 Å². The third kappa shape index (κ3) is 5.14. The SMILES string of the molecule is CCCC(NC(=O)C(C)N1CCN(c2cccc(C)c2)CC1)c1ccccc1. The molecule has 0 saturated carbocycles. The Morgan fingerprint density at radius 2 is 1.75 bits per heavy atom. The molecule has 1 aliphatic heterocycles. The third-order valence-corrected chi connectivity index (χ3v) is 5.70. The van der Waals surface area contributed by atoms with E-state index in [9.17, 15) is 4.79 Å². The first-order chi connectivity index (χ1) is 13.6. The molecule has 1 amide bonds. The first kappa shape index (κ1) is 20.4. The van der Waals surface area contributed by atoms with Crippen molar-refractivity contribution >= 4 is 11.6 Å². The van der Waals surface area contributed by atoms with Gasteiger partial charge in [-0.05, 0) is 43.5 Å². The molecule has 2 aromatic carbocycles. The summed E-state index contributed by atoms with van der Waals surface area (Å²) in [7, 11) is 0. The number of piperazine rings is 1. The lowest BCUT2D eigenvalue weighted by Crippen LogP contribution is -2.54. The van der Waals surface area contributed by atoms with Crippen LogP contribution in [0.25, 0.3) is 0 Å². The van der Waals surface area contributed by atoms with Crippen LogP contribution in [0.15, 0.2) is 54.6 Å². The zero-order chi connectivity index (χ0) is 19.9. The molecule has 0 aliphatic carbocycles. The van der Waals surface area contributed by atoms with Gasteiger partial charge in [0.15, 0.2) is 0 Å². The lowest BCUT2D eigenvalue weighted by Gasteiger charge is -2.39. The van der Waals surface area contributed by atoms with E-state index in [1.54, 1.807) is 0 Å². The van der Waals surface area contributed by atoms with E-state index < -0.39 is 0 Å². The van der Waals surface area contributed by atoms with Crippen LogP contribution in [0.5, 0.6) is 0 Å². The Kier molecular flexibility index (Phi) is 7.10. The van der Waals surface area contributed by atoms with E-state index >= 15 is 0 Å². The van der Waals surface area contributed by atoms with E-state index in [4.69, 9.17) is 0 Å². The van der Waals surface area contributed by atoms with Crippen molar-refractivity contribution in [2.75, 3.05) is 31.1 Å². The van der Waals surface area contributed by atoms with Gasteiger partial charge in [0.2, 0.25) is 5.91 Å². The largest absolute Gasteiger partial charge is 0.369 e. The van der Waals surface area contributed by atoms with Crippen LogP contribution in [-0.2, 0) is 4.79 Å². The Morgan fingerprint density at radius 3 is 2.39 bits per heavy atom. The number of amides is 1. The molecule has 28 heavy (non-hydrogen) atoms. The standard InChI is InChI=1S/C24H33N3O/c1-4-9-23(21-11-6-5-7-12-21)25-24(28)20(3)26-14-16-27(17-15-26)22-13-8-10-19(2)18-22/h5-8,10-13,18,20,23H,4,9,14-17H2,1-3H3,(H,25,28). The number of aryl methyl sites for hydroxylation is 1. The van der Waals surface area contributed by atoms with Gasteiger partial charge < -0.3 is 10.2 Å². The van der Waals surface area contributed by atoms with E-state index in [-0.39, 0.29) is 18.0 Å². The number of nitrogens with one attached hydrogen (secondary N) is 1. The van der Waals surface area contributed by atoms with Crippen LogP contribution in [0.3, 0.4) is 0 Å². The maximum absolute atomic E-state index is 12.9. The normalized spacial score (nSPS) is 17.2. The summed E-state index contributed by atoms with van der Waals surface area (Å²) in [5.74, 6) is 0.131. The monoisotopic (exact) mass is 379 g/mol. The molecule has 4 heteroatoms. The van der Waals surface area contributed by atoms with Gasteiger partial charge in [0.05, 0.1) is 12.1 Å². The third-order valence-electron chi connectivity index (χ3n) is 5.70. The number of rotatable bonds is 7. The number of anilines is 1. The zero-order valence-corrected chi connectivity index (χ0v) is 17.4. The number of hydrogen-bond acceptors (Lipinski definition) is 3. The van der Waals surface area contributed by atoms with Crippen LogP contribution >= 0.6 is 0 Å². The minimum atomic E-state index is -0.109. The predicted molar refractivity (Wildman–Crippen MR) is 117 cm³/mol. The summed E-state index contributed by atoms with van der Waals surface area (Å²) in [6.45, 7) is 10.1. The smallest absolute Gasteiger partial charge is 0.237 e. The lowest BCUT2D eigenvalue weighted by atomic mass is 10.0. The molecule has 4 nitrogen and oxygen atoms in total. The Balaban J connectivity index is 1.56. The second-order valence-electron chi connectivity index (χ2n) is 7.80. The van der Waals surface area contributed by atoms with Crippen LogP contribution < -0.4 is 10.2 Å². The van der Waals surface area contributed by atoms with Crippen molar-refractivity contribution in [1.29, 1.82) is 0 Å². The Labute approximate surface area is 169 Å². The summed E-state index contributed by atoms with van der Waals surface area (Å²) >= 11 is 0. The number of benzene rings is 2. The first-order valence-electron chi connectivity index (χ1n) is 10.5. The Bertz CT molecular complexity index is 753. The molecule has 0 radical (unpaired) electrons. The van der Waals surface area contributed by atoms with E-state index in [1.807, 2.05) is 25.1 Å². The highest BCUT2D eigenvalue weighted by molar-refractivity contribution is 5.81.